The van der Waals surface area contributed by atoms with E-state index in [0.717, 1.165) is 19.2 Å². The zero-order chi connectivity index (χ0) is 21.8. The van der Waals surface area contributed by atoms with Crippen molar-refractivity contribution >= 4 is 56.5 Å². The van der Waals surface area contributed by atoms with Gasteiger partial charge in [0.05, 0.1) is 16.4 Å². The molecule has 0 atom stereocenters. The average molecular weight is 594 g/mol. The Bertz CT molecular complexity index is 1170. The van der Waals surface area contributed by atoms with Crippen molar-refractivity contribution in [1.29, 1.82) is 0 Å². The number of hydrogen-bond acceptors (Lipinski definition) is 6. The lowest BCUT2D eigenvalue weighted by Crippen LogP contribution is -2.04. The molecule has 0 saturated carbocycles. The SMILES string of the molecule is CCOc1cc(/C=C2\N=C(c3ccco3)OC2=O)cc(I)c1OCc1cccc(Br)c1. The summed E-state index contributed by atoms with van der Waals surface area (Å²) in [5.74, 6) is 1.26. The van der Waals surface area contributed by atoms with Gasteiger partial charge in [-0.1, -0.05) is 28.1 Å². The fourth-order valence-electron chi connectivity index (χ4n) is 2.93. The van der Waals surface area contributed by atoms with Crippen molar-refractivity contribution in [3.8, 4) is 11.5 Å². The number of carbonyl (C=O) groups excluding carboxylic acids is 1. The van der Waals surface area contributed by atoms with Crippen molar-refractivity contribution in [3.05, 3.63) is 85.4 Å². The molecule has 1 aliphatic rings. The normalized spacial score (nSPS) is 14.5. The summed E-state index contributed by atoms with van der Waals surface area (Å²) >= 11 is 5.67. The first-order chi connectivity index (χ1) is 15.0. The molecule has 0 aliphatic carbocycles. The Balaban J connectivity index is 1.61. The molecule has 6 nitrogen and oxygen atoms in total. The fraction of sp³-hybridized carbons (Fsp3) is 0.130. The van der Waals surface area contributed by atoms with E-state index < -0.39 is 5.97 Å². The molecule has 2 aromatic carbocycles. The Morgan fingerprint density at radius 3 is 2.77 bits per heavy atom. The van der Waals surface area contributed by atoms with Gasteiger partial charge < -0.3 is 18.6 Å². The lowest BCUT2D eigenvalue weighted by Gasteiger charge is -2.15. The van der Waals surface area contributed by atoms with E-state index in [1.54, 1.807) is 18.2 Å². The number of esters is 1. The van der Waals surface area contributed by atoms with Crippen molar-refractivity contribution in [3.63, 3.8) is 0 Å². The lowest BCUT2D eigenvalue weighted by atomic mass is 10.1. The zero-order valence-electron chi connectivity index (χ0n) is 16.4. The van der Waals surface area contributed by atoms with E-state index in [2.05, 4.69) is 43.5 Å². The highest BCUT2D eigenvalue weighted by atomic mass is 127. The van der Waals surface area contributed by atoms with E-state index in [0.29, 0.717) is 30.5 Å². The number of aliphatic imine (C=N–C) groups is 1. The van der Waals surface area contributed by atoms with Gasteiger partial charge in [-0.25, -0.2) is 9.79 Å². The van der Waals surface area contributed by atoms with E-state index in [-0.39, 0.29) is 11.6 Å². The van der Waals surface area contributed by atoms with Crippen LogP contribution in [-0.2, 0) is 16.1 Å². The van der Waals surface area contributed by atoms with Crippen LogP contribution in [0.1, 0.15) is 23.8 Å². The van der Waals surface area contributed by atoms with Crippen LogP contribution >= 0.6 is 38.5 Å². The first-order valence-electron chi connectivity index (χ1n) is 9.43. The molecule has 0 saturated heterocycles. The largest absolute Gasteiger partial charge is 0.490 e. The maximum atomic E-state index is 12.2. The molecule has 0 spiro atoms. The Morgan fingerprint density at radius 2 is 2.03 bits per heavy atom. The number of halogens is 2. The molecular formula is C23H17BrINO5. The second kappa shape index (κ2) is 9.69. The van der Waals surface area contributed by atoms with Crippen LogP contribution in [0, 0.1) is 3.57 Å². The van der Waals surface area contributed by atoms with E-state index in [1.807, 2.05) is 43.3 Å². The highest BCUT2D eigenvalue weighted by Gasteiger charge is 2.26. The van der Waals surface area contributed by atoms with Crippen LogP contribution in [0.5, 0.6) is 11.5 Å². The molecule has 2 heterocycles. The fourth-order valence-corrected chi connectivity index (χ4v) is 4.16. The van der Waals surface area contributed by atoms with Crippen LogP contribution in [0.25, 0.3) is 6.08 Å². The molecule has 4 rings (SSSR count). The predicted molar refractivity (Wildman–Crippen MR) is 128 cm³/mol. The quantitative estimate of drug-likeness (QED) is 0.192. The minimum atomic E-state index is -0.533. The number of rotatable bonds is 7. The molecule has 0 N–H and O–H groups in total. The number of nitrogens with zero attached hydrogens (tertiary/aromatic N) is 1. The van der Waals surface area contributed by atoms with Gasteiger partial charge in [-0.3, -0.25) is 0 Å². The second-order valence-electron chi connectivity index (χ2n) is 6.49. The summed E-state index contributed by atoms with van der Waals surface area (Å²) in [6.45, 7) is 2.79. The third-order valence-electron chi connectivity index (χ3n) is 4.26. The lowest BCUT2D eigenvalue weighted by molar-refractivity contribution is -0.130. The maximum Gasteiger partial charge on any atom is 0.363 e. The van der Waals surface area contributed by atoms with Crippen molar-refractivity contribution < 1.29 is 23.4 Å². The Hall–Kier alpha value is -2.59. The maximum absolute atomic E-state index is 12.2. The van der Waals surface area contributed by atoms with Crippen LogP contribution in [0.3, 0.4) is 0 Å². The van der Waals surface area contributed by atoms with Crippen molar-refractivity contribution in [2.45, 2.75) is 13.5 Å². The smallest absolute Gasteiger partial charge is 0.363 e. The minimum absolute atomic E-state index is 0.148. The molecule has 0 fully saturated rings. The van der Waals surface area contributed by atoms with E-state index in [4.69, 9.17) is 18.6 Å². The molecule has 3 aromatic rings. The average Bonchev–Trinajstić information content (AvgIpc) is 3.38. The van der Waals surface area contributed by atoms with E-state index in [1.165, 1.54) is 6.26 Å². The highest BCUT2D eigenvalue weighted by Crippen LogP contribution is 2.36. The Morgan fingerprint density at radius 1 is 1.16 bits per heavy atom. The summed E-state index contributed by atoms with van der Waals surface area (Å²) in [6, 6.07) is 15.0. The summed E-state index contributed by atoms with van der Waals surface area (Å²) in [5.41, 5.74) is 1.97. The van der Waals surface area contributed by atoms with Gasteiger partial charge >= 0.3 is 5.97 Å². The highest BCUT2D eigenvalue weighted by molar-refractivity contribution is 14.1. The summed E-state index contributed by atoms with van der Waals surface area (Å²) in [4.78, 5) is 16.5. The standard InChI is InChI=1S/C23H17BrINO5/c1-2-28-20-12-15(11-18-23(27)31-22(26-18)19-7-4-8-29-19)10-17(25)21(20)30-13-14-5-3-6-16(24)9-14/h3-12H,2,13H2,1H3/b18-11-. The van der Waals surface area contributed by atoms with Gasteiger partial charge in [0.2, 0.25) is 0 Å². The van der Waals surface area contributed by atoms with E-state index >= 15 is 0 Å². The second-order valence-corrected chi connectivity index (χ2v) is 8.57. The van der Waals surface area contributed by atoms with Crippen LogP contribution in [0.4, 0.5) is 0 Å². The van der Waals surface area contributed by atoms with E-state index in [9.17, 15) is 4.79 Å². The van der Waals surface area contributed by atoms with Crippen molar-refractivity contribution in [2.75, 3.05) is 6.61 Å². The van der Waals surface area contributed by atoms with Crippen LogP contribution in [0.15, 0.2) is 74.4 Å². The van der Waals surface area contributed by atoms with Crippen LogP contribution in [0.2, 0.25) is 0 Å². The molecule has 31 heavy (non-hydrogen) atoms. The molecule has 0 radical (unpaired) electrons. The zero-order valence-corrected chi connectivity index (χ0v) is 20.2. The number of hydrogen-bond donors (Lipinski definition) is 0. The number of ether oxygens (including phenoxy) is 3. The Kier molecular flexibility index (Phi) is 6.77. The molecule has 1 aliphatic heterocycles. The van der Waals surface area contributed by atoms with Gasteiger partial charge in [0.15, 0.2) is 23.0 Å². The monoisotopic (exact) mass is 593 g/mol. The summed E-state index contributed by atoms with van der Waals surface area (Å²) in [7, 11) is 0. The van der Waals surface area contributed by atoms with Gasteiger partial charge in [0.25, 0.3) is 5.90 Å². The molecule has 0 unspecified atom stereocenters. The van der Waals surface area contributed by atoms with Crippen LogP contribution in [-0.4, -0.2) is 18.5 Å². The summed E-state index contributed by atoms with van der Waals surface area (Å²) < 4.78 is 24.2. The number of carbonyl (C=O) groups is 1. The van der Waals surface area contributed by atoms with Crippen molar-refractivity contribution in [2.24, 2.45) is 4.99 Å². The molecule has 8 heteroatoms. The third-order valence-corrected chi connectivity index (χ3v) is 5.55. The molecule has 158 valence electrons. The van der Waals surface area contributed by atoms with Gasteiger partial charge in [0, 0.05) is 4.47 Å². The third kappa shape index (κ3) is 5.19. The molecule has 0 bridgehead atoms. The van der Waals surface area contributed by atoms with Gasteiger partial charge in [0.1, 0.15) is 6.61 Å². The summed E-state index contributed by atoms with van der Waals surface area (Å²) in [6.07, 6.45) is 3.15. The van der Waals surface area contributed by atoms with Crippen LogP contribution < -0.4 is 9.47 Å². The predicted octanol–water partition coefficient (Wildman–Crippen LogP) is 5.97. The number of cyclic esters (lactones) is 1. The van der Waals surface area contributed by atoms with Gasteiger partial charge in [-0.15, -0.1) is 0 Å². The van der Waals surface area contributed by atoms with Gasteiger partial charge in [-0.2, -0.15) is 0 Å². The Labute approximate surface area is 201 Å². The molecular weight excluding hydrogens is 577 g/mol. The first kappa shape index (κ1) is 21.6. The summed E-state index contributed by atoms with van der Waals surface area (Å²) in [5, 5.41) is 0. The molecule has 0 amide bonds. The van der Waals surface area contributed by atoms with Crippen molar-refractivity contribution in [1.82, 2.24) is 0 Å². The topological polar surface area (TPSA) is 70.3 Å². The first-order valence-corrected chi connectivity index (χ1v) is 11.3. The number of benzene rings is 2. The minimum Gasteiger partial charge on any atom is -0.490 e. The number of furan rings is 1. The molecule has 1 aromatic heterocycles. The van der Waals surface area contributed by atoms with Gasteiger partial charge in [-0.05, 0) is 83.1 Å².